The molecule has 0 fully saturated rings. The normalized spacial score (nSPS) is 17.0. The average Bonchev–Trinajstić information content (AvgIpc) is 2.96. The molecule has 0 radical (unpaired) electrons. The zero-order valence-electron chi connectivity index (χ0n) is 11.0. The van der Waals surface area contributed by atoms with Crippen molar-refractivity contribution in [3.05, 3.63) is 43.1 Å². The van der Waals surface area contributed by atoms with E-state index in [9.17, 15) is 9.59 Å². The van der Waals surface area contributed by atoms with Crippen molar-refractivity contribution in [1.29, 1.82) is 0 Å². The van der Waals surface area contributed by atoms with Crippen LogP contribution in [-0.2, 0) is 13.0 Å². The van der Waals surface area contributed by atoms with Gasteiger partial charge in [0.15, 0.2) is 0 Å². The maximum Gasteiger partial charge on any atom is 0.316 e. The van der Waals surface area contributed by atoms with Gasteiger partial charge in [-0.15, -0.1) is 16.9 Å². The number of halogens is 1. The van der Waals surface area contributed by atoms with Crippen LogP contribution in [0.25, 0.3) is 11.0 Å². The molecule has 1 aliphatic rings. The Kier molecular flexibility index (Phi) is 3.15. The van der Waals surface area contributed by atoms with E-state index in [1.165, 1.54) is 0 Å². The number of nitrogens with one attached hydrogen (secondary N) is 2. The number of H-pyrrole nitrogens is 2. The number of hydrogen-bond donors (Lipinski definition) is 2. The predicted octanol–water partition coefficient (Wildman–Crippen LogP) is 0.682. The van der Waals surface area contributed by atoms with Crippen LogP contribution in [0.2, 0.25) is 0 Å². The Morgan fingerprint density at radius 3 is 3.05 bits per heavy atom. The fraction of sp³-hybridized carbons (Fsp3) is 0.250. The Bertz CT molecular complexity index is 980. The number of benzene rings is 1. The summed E-state index contributed by atoms with van der Waals surface area (Å²) in [6.45, 7) is 0.444. The van der Waals surface area contributed by atoms with Crippen LogP contribution in [0.15, 0.2) is 31.1 Å². The van der Waals surface area contributed by atoms with Gasteiger partial charge in [-0.25, -0.2) is 5.10 Å². The lowest BCUT2D eigenvalue weighted by Gasteiger charge is -2.25. The third-order valence-corrected chi connectivity index (χ3v) is 5.16. The molecule has 3 heterocycles. The van der Waals surface area contributed by atoms with Gasteiger partial charge in [0.1, 0.15) is 5.82 Å². The molecule has 1 aliphatic heterocycles. The summed E-state index contributed by atoms with van der Waals surface area (Å²) in [5.41, 5.74) is 0.284. The average molecular weight is 381 g/mol. The van der Waals surface area contributed by atoms with Crippen molar-refractivity contribution in [3.63, 3.8) is 0 Å². The zero-order valence-corrected chi connectivity index (χ0v) is 13.4. The highest BCUT2D eigenvalue weighted by molar-refractivity contribution is 9.10. The number of aromatic amines is 2. The third kappa shape index (κ3) is 2.18. The maximum absolute atomic E-state index is 12.2. The topological polar surface area (TPSA) is 109 Å². The van der Waals surface area contributed by atoms with Gasteiger partial charge in [0.25, 0.3) is 0 Å². The molecule has 0 saturated carbocycles. The van der Waals surface area contributed by atoms with E-state index in [0.29, 0.717) is 24.3 Å². The van der Waals surface area contributed by atoms with E-state index >= 15 is 0 Å². The molecular formula is C12H9BrN6O2S. The van der Waals surface area contributed by atoms with Gasteiger partial charge in [-0.1, -0.05) is 15.9 Å². The summed E-state index contributed by atoms with van der Waals surface area (Å²) < 4.78 is 2.39. The fourth-order valence-corrected chi connectivity index (χ4v) is 4.58. The van der Waals surface area contributed by atoms with Gasteiger partial charge in [0.05, 0.1) is 11.0 Å². The zero-order chi connectivity index (χ0) is 15.3. The van der Waals surface area contributed by atoms with Crippen LogP contribution < -0.4 is 11.1 Å². The first-order valence-corrected chi connectivity index (χ1v) is 8.15. The first-order chi connectivity index (χ1) is 10.6. The maximum atomic E-state index is 12.2. The van der Waals surface area contributed by atoms with Crippen molar-refractivity contribution < 1.29 is 0 Å². The highest BCUT2D eigenvalue weighted by Crippen LogP contribution is 2.37. The number of hydrogen-bond acceptors (Lipinski definition) is 6. The molecule has 4 rings (SSSR count). The van der Waals surface area contributed by atoms with Crippen LogP contribution in [0.4, 0.5) is 0 Å². The predicted molar refractivity (Wildman–Crippen MR) is 84.1 cm³/mol. The lowest BCUT2D eigenvalue weighted by atomic mass is 10.2. The van der Waals surface area contributed by atoms with E-state index in [2.05, 4.69) is 41.5 Å². The molecule has 0 spiro atoms. The minimum absolute atomic E-state index is 0.0687. The van der Waals surface area contributed by atoms with Crippen LogP contribution >= 0.6 is 27.7 Å². The highest BCUT2D eigenvalue weighted by atomic mass is 79.9. The number of nitrogens with zero attached hydrogens (tertiary/aromatic N) is 4. The molecule has 0 amide bonds. The van der Waals surface area contributed by atoms with Crippen LogP contribution in [0, 0.1) is 0 Å². The Labute approximate surface area is 135 Å². The van der Waals surface area contributed by atoms with Gasteiger partial charge in [-0.05, 0) is 22.6 Å². The minimum Gasteiger partial charge on any atom is -0.316 e. The number of thioether (sulfide) groups is 1. The van der Waals surface area contributed by atoms with Crippen molar-refractivity contribution in [2.75, 3.05) is 0 Å². The molecule has 0 aliphatic carbocycles. The molecule has 1 aromatic carbocycles. The van der Waals surface area contributed by atoms with Crippen molar-refractivity contribution >= 4 is 38.7 Å². The van der Waals surface area contributed by atoms with Crippen molar-refractivity contribution in [2.24, 2.45) is 0 Å². The first-order valence-electron chi connectivity index (χ1n) is 6.47. The van der Waals surface area contributed by atoms with Gasteiger partial charge < -0.3 is 4.98 Å². The Morgan fingerprint density at radius 1 is 1.41 bits per heavy atom. The quantitative estimate of drug-likeness (QED) is 0.632. The molecule has 1 atom stereocenters. The van der Waals surface area contributed by atoms with Crippen molar-refractivity contribution in [1.82, 2.24) is 30.2 Å². The van der Waals surface area contributed by atoms with E-state index in [0.717, 1.165) is 14.9 Å². The molecule has 22 heavy (non-hydrogen) atoms. The SMILES string of the molecule is O=c1[nH]c2cc(Br)cc3c2n(c1=O)CC(Cc1nnn[nH]1)S3. The molecular weight excluding hydrogens is 372 g/mol. The molecule has 0 saturated heterocycles. The molecule has 2 aromatic heterocycles. The summed E-state index contributed by atoms with van der Waals surface area (Å²) in [6, 6.07) is 3.75. The Hall–Kier alpha value is -1.94. The van der Waals surface area contributed by atoms with Crippen LogP contribution in [0.5, 0.6) is 0 Å². The monoisotopic (exact) mass is 380 g/mol. The van der Waals surface area contributed by atoms with E-state index in [1.807, 2.05) is 6.07 Å². The largest absolute Gasteiger partial charge is 0.316 e. The first kappa shape index (κ1) is 13.7. The second-order valence-electron chi connectivity index (χ2n) is 4.96. The number of tetrazole rings is 1. The van der Waals surface area contributed by atoms with Gasteiger partial charge in [0, 0.05) is 27.6 Å². The van der Waals surface area contributed by atoms with Gasteiger partial charge >= 0.3 is 11.1 Å². The Balaban J connectivity index is 1.87. The number of aromatic nitrogens is 6. The molecule has 8 nitrogen and oxygen atoms in total. The summed E-state index contributed by atoms with van der Waals surface area (Å²) >= 11 is 5.08. The summed E-state index contributed by atoms with van der Waals surface area (Å²) in [6.07, 6.45) is 0.588. The third-order valence-electron chi connectivity index (χ3n) is 3.49. The Morgan fingerprint density at radius 2 is 2.27 bits per heavy atom. The number of rotatable bonds is 2. The van der Waals surface area contributed by atoms with Crippen LogP contribution in [0.3, 0.4) is 0 Å². The lowest BCUT2D eigenvalue weighted by Crippen LogP contribution is -2.40. The van der Waals surface area contributed by atoms with Gasteiger partial charge in [0.2, 0.25) is 0 Å². The standard InChI is InChI=1S/C12H9BrN6O2S/c13-5-1-7-10-8(2-5)22-6(3-9-15-17-18-16-9)4-19(10)12(21)11(20)14-7/h1-2,6H,3-4H2,(H,14,20)(H,15,16,17,18). The second-order valence-corrected chi connectivity index (χ2v) is 7.22. The molecule has 3 aromatic rings. The summed E-state index contributed by atoms with van der Waals surface area (Å²) in [7, 11) is 0. The second kappa shape index (κ2) is 5.06. The molecule has 112 valence electrons. The van der Waals surface area contributed by atoms with Crippen LogP contribution in [-0.4, -0.2) is 35.4 Å². The highest BCUT2D eigenvalue weighted by Gasteiger charge is 2.25. The van der Waals surface area contributed by atoms with E-state index in [1.54, 1.807) is 22.4 Å². The molecule has 10 heteroatoms. The summed E-state index contributed by atoms with van der Waals surface area (Å²) in [4.78, 5) is 27.6. The van der Waals surface area contributed by atoms with Gasteiger partial charge in [-0.3, -0.25) is 14.2 Å². The van der Waals surface area contributed by atoms with Crippen molar-refractivity contribution in [2.45, 2.75) is 23.1 Å². The van der Waals surface area contributed by atoms with E-state index in [-0.39, 0.29) is 5.25 Å². The van der Waals surface area contributed by atoms with Crippen LogP contribution in [0.1, 0.15) is 5.82 Å². The smallest absolute Gasteiger partial charge is 0.316 e. The van der Waals surface area contributed by atoms with E-state index < -0.39 is 11.1 Å². The summed E-state index contributed by atoms with van der Waals surface area (Å²) in [5.74, 6) is 0.657. The summed E-state index contributed by atoms with van der Waals surface area (Å²) in [5, 5.41) is 13.8. The van der Waals surface area contributed by atoms with E-state index in [4.69, 9.17) is 0 Å². The lowest BCUT2D eigenvalue weighted by molar-refractivity contribution is 0.625. The fourth-order valence-electron chi connectivity index (χ4n) is 2.62. The molecule has 2 N–H and O–H groups in total. The van der Waals surface area contributed by atoms with Crippen molar-refractivity contribution in [3.8, 4) is 0 Å². The minimum atomic E-state index is -0.608. The van der Waals surface area contributed by atoms with Gasteiger partial charge in [-0.2, -0.15) is 0 Å². The molecule has 0 bridgehead atoms. The molecule has 1 unspecified atom stereocenters.